The van der Waals surface area contributed by atoms with Crippen LogP contribution in [0.25, 0.3) is 5.57 Å². The van der Waals surface area contributed by atoms with E-state index in [0.29, 0.717) is 11.1 Å². The number of nitrogens with zero attached hydrogens (tertiary/aromatic N) is 1. The Hall–Kier alpha value is -2.66. The van der Waals surface area contributed by atoms with Gasteiger partial charge in [-0.3, -0.25) is 4.79 Å². The zero-order valence-corrected chi connectivity index (χ0v) is 13.8. The van der Waals surface area contributed by atoms with Crippen LogP contribution in [-0.4, -0.2) is 5.78 Å². The number of nitriles is 1. The Morgan fingerprint density at radius 2 is 1.92 bits per heavy atom. The maximum atomic E-state index is 13.1. The first kappa shape index (κ1) is 16.2. The molecule has 1 unspecified atom stereocenters. The number of rotatable bonds is 1. The van der Waals surface area contributed by atoms with Crippen LogP contribution in [0.1, 0.15) is 43.2 Å². The minimum Gasteiger partial charge on any atom is -0.294 e. The van der Waals surface area contributed by atoms with Crippen LogP contribution in [0.5, 0.6) is 0 Å². The molecular weight excluding hydrogens is 294 g/mol. The molecular formula is C22H21NO. The van der Waals surface area contributed by atoms with E-state index in [-0.39, 0.29) is 11.2 Å². The Morgan fingerprint density at radius 1 is 1.12 bits per heavy atom. The third-order valence-electron chi connectivity index (χ3n) is 4.98. The molecule has 24 heavy (non-hydrogen) atoms. The Morgan fingerprint density at radius 3 is 2.62 bits per heavy atom. The van der Waals surface area contributed by atoms with E-state index in [1.54, 1.807) is 6.07 Å². The van der Waals surface area contributed by atoms with Gasteiger partial charge < -0.3 is 0 Å². The lowest BCUT2D eigenvalue weighted by atomic mass is 9.69. The third kappa shape index (κ3) is 3.16. The molecule has 0 saturated heterocycles. The van der Waals surface area contributed by atoms with Gasteiger partial charge in [-0.1, -0.05) is 43.0 Å². The molecule has 1 aromatic rings. The summed E-state index contributed by atoms with van der Waals surface area (Å²) in [6, 6.07) is 9.63. The van der Waals surface area contributed by atoms with E-state index in [1.807, 2.05) is 30.4 Å². The molecule has 0 amide bonds. The molecule has 0 aromatic heterocycles. The van der Waals surface area contributed by atoms with E-state index >= 15 is 0 Å². The molecule has 0 heterocycles. The van der Waals surface area contributed by atoms with Crippen molar-refractivity contribution in [3.05, 3.63) is 77.9 Å². The summed E-state index contributed by atoms with van der Waals surface area (Å²) in [6.45, 7) is 4.06. The maximum absolute atomic E-state index is 13.1. The standard InChI is InChI=1S/C22H21NO/c1-17-14-19(20-10-7-8-18(15-20)16-23)9-3-6-13-22(21(17)24)11-4-2-5-12-22/h2-4,7-10,14-15H,1,5-6,11-13H2/b9-3-,19-14+. The van der Waals surface area contributed by atoms with Gasteiger partial charge in [0.05, 0.1) is 11.6 Å². The molecule has 2 aliphatic carbocycles. The second-order valence-electron chi connectivity index (χ2n) is 6.58. The average Bonchev–Trinajstić information content (AvgIpc) is 2.68. The quantitative estimate of drug-likeness (QED) is 0.531. The summed E-state index contributed by atoms with van der Waals surface area (Å²) in [5.74, 6) is 0.171. The molecule has 120 valence electrons. The summed E-state index contributed by atoms with van der Waals surface area (Å²) in [7, 11) is 0. The first-order valence-electron chi connectivity index (χ1n) is 8.42. The molecule has 1 aromatic carbocycles. The largest absolute Gasteiger partial charge is 0.294 e. The summed E-state index contributed by atoms with van der Waals surface area (Å²) in [5, 5.41) is 9.10. The van der Waals surface area contributed by atoms with Gasteiger partial charge >= 0.3 is 0 Å². The number of carbonyl (C=O) groups excluding carboxylic acids is 1. The smallest absolute Gasteiger partial charge is 0.168 e. The molecule has 0 aliphatic heterocycles. The van der Waals surface area contributed by atoms with Crippen molar-refractivity contribution in [1.29, 1.82) is 5.26 Å². The summed E-state index contributed by atoms with van der Waals surface area (Å²) in [6.07, 6.45) is 14.8. The lowest BCUT2D eigenvalue weighted by molar-refractivity contribution is -0.125. The molecule has 2 heteroatoms. The lowest BCUT2D eigenvalue weighted by Crippen LogP contribution is -2.32. The van der Waals surface area contributed by atoms with Gasteiger partial charge in [-0.05, 0) is 61.4 Å². The van der Waals surface area contributed by atoms with E-state index in [1.165, 1.54) is 0 Å². The highest BCUT2D eigenvalue weighted by Crippen LogP contribution is 2.41. The average molecular weight is 315 g/mol. The second-order valence-corrected chi connectivity index (χ2v) is 6.58. The Labute approximate surface area is 143 Å². The van der Waals surface area contributed by atoms with Gasteiger partial charge in [-0.2, -0.15) is 5.26 Å². The third-order valence-corrected chi connectivity index (χ3v) is 4.98. The second kappa shape index (κ2) is 6.84. The molecule has 1 atom stereocenters. The van der Waals surface area contributed by atoms with Gasteiger partial charge in [-0.15, -0.1) is 0 Å². The summed E-state index contributed by atoms with van der Waals surface area (Å²) >= 11 is 0. The number of ketones is 1. The number of allylic oxidation sites excluding steroid dienone is 7. The van der Waals surface area contributed by atoms with Crippen molar-refractivity contribution in [2.45, 2.75) is 32.1 Å². The van der Waals surface area contributed by atoms with E-state index in [0.717, 1.165) is 43.2 Å². The first-order chi connectivity index (χ1) is 11.6. The van der Waals surface area contributed by atoms with Gasteiger partial charge in [0.1, 0.15) is 0 Å². The fourth-order valence-corrected chi connectivity index (χ4v) is 3.60. The predicted octanol–water partition coefficient (Wildman–Crippen LogP) is 5.14. The molecule has 0 N–H and O–H groups in total. The van der Waals surface area contributed by atoms with E-state index in [9.17, 15) is 4.79 Å². The van der Waals surface area contributed by atoms with Crippen LogP contribution >= 0.6 is 0 Å². The van der Waals surface area contributed by atoms with Crippen molar-refractivity contribution in [2.24, 2.45) is 5.41 Å². The van der Waals surface area contributed by atoms with Crippen molar-refractivity contribution >= 4 is 11.4 Å². The van der Waals surface area contributed by atoms with Crippen molar-refractivity contribution < 1.29 is 4.79 Å². The van der Waals surface area contributed by atoms with Crippen molar-refractivity contribution in [3.63, 3.8) is 0 Å². The molecule has 0 bridgehead atoms. The molecule has 0 fully saturated rings. The molecule has 2 nitrogen and oxygen atoms in total. The van der Waals surface area contributed by atoms with E-state index < -0.39 is 0 Å². The molecule has 0 radical (unpaired) electrons. The van der Waals surface area contributed by atoms with Crippen molar-refractivity contribution in [2.75, 3.05) is 0 Å². The van der Waals surface area contributed by atoms with E-state index in [4.69, 9.17) is 5.26 Å². The van der Waals surface area contributed by atoms with Crippen LogP contribution in [0.3, 0.4) is 0 Å². The van der Waals surface area contributed by atoms with Gasteiger partial charge in [0.25, 0.3) is 0 Å². The predicted molar refractivity (Wildman–Crippen MR) is 97.1 cm³/mol. The zero-order chi connectivity index (χ0) is 17.0. The highest BCUT2D eigenvalue weighted by molar-refractivity contribution is 6.04. The van der Waals surface area contributed by atoms with Crippen LogP contribution in [0.15, 0.2) is 66.8 Å². The van der Waals surface area contributed by atoms with Gasteiger partial charge in [0.15, 0.2) is 5.78 Å². The fraction of sp³-hybridized carbons (Fsp3) is 0.273. The molecule has 2 aliphatic rings. The number of carbonyl (C=O) groups is 1. The monoisotopic (exact) mass is 315 g/mol. The molecule has 1 spiro atoms. The molecule has 0 saturated carbocycles. The topological polar surface area (TPSA) is 40.9 Å². The van der Waals surface area contributed by atoms with Crippen LogP contribution in [-0.2, 0) is 4.79 Å². The normalized spacial score (nSPS) is 27.5. The van der Waals surface area contributed by atoms with Crippen LogP contribution in [0, 0.1) is 16.7 Å². The lowest BCUT2D eigenvalue weighted by Gasteiger charge is -2.33. The summed E-state index contributed by atoms with van der Waals surface area (Å²) < 4.78 is 0. The number of Topliss-reactive ketones (excluding diaryl/α,β-unsaturated/α-hetero) is 1. The first-order valence-corrected chi connectivity index (χ1v) is 8.42. The number of hydrogen-bond acceptors (Lipinski definition) is 2. The van der Waals surface area contributed by atoms with Crippen molar-refractivity contribution in [3.8, 4) is 6.07 Å². The fourth-order valence-electron chi connectivity index (χ4n) is 3.60. The van der Waals surface area contributed by atoms with Crippen LogP contribution in [0.4, 0.5) is 0 Å². The summed E-state index contributed by atoms with van der Waals surface area (Å²) in [5.41, 5.74) is 2.77. The minimum atomic E-state index is -0.295. The van der Waals surface area contributed by atoms with Gasteiger partial charge in [0.2, 0.25) is 0 Å². The van der Waals surface area contributed by atoms with Crippen LogP contribution < -0.4 is 0 Å². The van der Waals surface area contributed by atoms with Gasteiger partial charge in [0, 0.05) is 11.0 Å². The van der Waals surface area contributed by atoms with Gasteiger partial charge in [-0.25, -0.2) is 0 Å². The molecule has 3 rings (SSSR count). The Balaban J connectivity index is 1.98. The van der Waals surface area contributed by atoms with E-state index in [2.05, 4.69) is 30.9 Å². The summed E-state index contributed by atoms with van der Waals surface area (Å²) in [4.78, 5) is 13.1. The Kier molecular flexibility index (Phi) is 4.62. The Bertz CT molecular complexity index is 804. The highest BCUT2D eigenvalue weighted by atomic mass is 16.1. The minimum absolute atomic E-state index is 0.171. The maximum Gasteiger partial charge on any atom is 0.168 e. The zero-order valence-electron chi connectivity index (χ0n) is 13.8. The number of hydrogen-bond donors (Lipinski definition) is 0. The van der Waals surface area contributed by atoms with Crippen molar-refractivity contribution in [1.82, 2.24) is 0 Å². The number of benzene rings is 1. The SMILES string of the molecule is C=C1/C=C(c2cccc(C#N)c2)\C=C/CCC2(CC=CCC2)C1=O. The highest BCUT2D eigenvalue weighted by Gasteiger charge is 2.38. The van der Waals surface area contributed by atoms with Crippen LogP contribution in [0.2, 0.25) is 0 Å².